The van der Waals surface area contributed by atoms with Crippen molar-refractivity contribution in [2.75, 3.05) is 20.2 Å². The average Bonchev–Trinajstić information content (AvgIpc) is 3.42. The van der Waals surface area contributed by atoms with Gasteiger partial charge >= 0.3 is 0 Å². The predicted octanol–water partition coefficient (Wildman–Crippen LogP) is 2.81. The van der Waals surface area contributed by atoms with Gasteiger partial charge in [-0.3, -0.25) is 9.59 Å². The van der Waals surface area contributed by atoms with Gasteiger partial charge in [-0.25, -0.2) is 4.98 Å². The van der Waals surface area contributed by atoms with Crippen LogP contribution < -0.4 is 10.1 Å². The highest BCUT2D eigenvalue weighted by Gasteiger charge is 2.39. The molecule has 34 heavy (non-hydrogen) atoms. The summed E-state index contributed by atoms with van der Waals surface area (Å²) in [5.74, 6) is 1.30. The number of amides is 2. The molecule has 1 aromatic carbocycles. The molecule has 9 heteroatoms. The van der Waals surface area contributed by atoms with Crippen molar-refractivity contribution in [2.45, 2.75) is 37.5 Å². The van der Waals surface area contributed by atoms with Crippen LogP contribution >= 0.6 is 11.8 Å². The van der Waals surface area contributed by atoms with Gasteiger partial charge in [0.2, 0.25) is 11.8 Å². The van der Waals surface area contributed by atoms with E-state index in [0.717, 1.165) is 27.6 Å². The van der Waals surface area contributed by atoms with Crippen molar-refractivity contribution in [3.8, 4) is 11.8 Å². The highest BCUT2D eigenvalue weighted by Crippen LogP contribution is 2.44. The summed E-state index contributed by atoms with van der Waals surface area (Å²) < 4.78 is 7.29. The Hall–Kier alpha value is -3.25. The Morgan fingerprint density at radius 2 is 2.12 bits per heavy atom. The molecule has 8 nitrogen and oxygen atoms in total. The number of carbonyl (C=O) groups excluding carboxylic acids is 2. The van der Waals surface area contributed by atoms with Gasteiger partial charge in [-0.05, 0) is 30.0 Å². The van der Waals surface area contributed by atoms with Crippen molar-refractivity contribution in [2.24, 2.45) is 13.0 Å². The van der Waals surface area contributed by atoms with E-state index in [4.69, 9.17) is 4.74 Å². The fourth-order valence-corrected chi connectivity index (χ4v) is 5.94. The van der Waals surface area contributed by atoms with E-state index < -0.39 is 0 Å². The Morgan fingerprint density at radius 3 is 2.85 bits per heavy atom. The van der Waals surface area contributed by atoms with E-state index in [9.17, 15) is 14.9 Å². The molecule has 178 valence electrons. The summed E-state index contributed by atoms with van der Waals surface area (Å²) in [4.78, 5) is 32.6. The van der Waals surface area contributed by atoms with Crippen molar-refractivity contribution in [3.63, 3.8) is 0 Å². The standard InChI is InChI=1S/C25H29N5O3S/c1-29-14-12-27-22(29)8-10-24(32)30-13-11-18-19(15-26)25(34-21(18)16-30)28-23(31)9-7-17-5-3-4-6-20(17)33-2/h3-6,12,14,19,25H,7-11,13,16H2,1-2H3,(H,28,31). The Kier molecular flexibility index (Phi) is 7.58. The molecular weight excluding hydrogens is 450 g/mol. The van der Waals surface area contributed by atoms with Crippen LogP contribution in [0, 0.1) is 17.2 Å². The number of nitrogens with zero attached hydrogens (tertiary/aromatic N) is 4. The number of para-hydroxylation sites is 1. The zero-order valence-corrected chi connectivity index (χ0v) is 20.3. The van der Waals surface area contributed by atoms with Crippen molar-refractivity contribution in [1.82, 2.24) is 19.8 Å². The lowest BCUT2D eigenvalue weighted by atomic mass is 9.94. The Balaban J connectivity index is 1.31. The highest BCUT2D eigenvalue weighted by atomic mass is 32.2. The Bertz CT molecular complexity index is 1140. The van der Waals surface area contributed by atoms with Gasteiger partial charge in [0.25, 0.3) is 0 Å². The zero-order chi connectivity index (χ0) is 24.1. The van der Waals surface area contributed by atoms with Crippen LogP contribution in [0.15, 0.2) is 47.1 Å². The maximum absolute atomic E-state index is 12.8. The number of hydrogen-bond donors (Lipinski definition) is 1. The number of imidazole rings is 1. The molecule has 0 aliphatic carbocycles. The molecule has 2 aliphatic heterocycles. The molecule has 0 fully saturated rings. The number of rotatable bonds is 8. The summed E-state index contributed by atoms with van der Waals surface area (Å²) in [6.45, 7) is 1.11. The minimum atomic E-state index is -0.361. The maximum Gasteiger partial charge on any atom is 0.223 e. The molecule has 1 N–H and O–H groups in total. The largest absolute Gasteiger partial charge is 0.496 e. The first-order chi connectivity index (χ1) is 16.5. The molecule has 2 aliphatic rings. The van der Waals surface area contributed by atoms with Gasteiger partial charge in [-0.15, -0.1) is 11.8 Å². The van der Waals surface area contributed by atoms with Crippen LogP contribution in [0.1, 0.15) is 30.7 Å². The number of aryl methyl sites for hydroxylation is 3. The third kappa shape index (κ3) is 5.28. The lowest BCUT2D eigenvalue weighted by Gasteiger charge is -2.28. The Labute approximate surface area is 204 Å². The summed E-state index contributed by atoms with van der Waals surface area (Å²) in [7, 11) is 3.54. The fourth-order valence-electron chi connectivity index (χ4n) is 4.47. The monoisotopic (exact) mass is 479 g/mol. The summed E-state index contributed by atoms with van der Waals surface area (Å²) in [6, 6.07) is 10.0. The average molecular weight is 480 g/mol. The van der Waals surface area contributed by atoms with Crippen molar-refractivity contribution >= 4 is 23.6 Å². The minimum Gasteiger partial charge on any atom is -0.496 e. The lowest BCUT2D eigenvalue weighted by Crippen LogP contribution is -2.37. The molecular formula is C25H29N5O3S. The summed E-state index contributed by atoms with van der Waals surface area (Å²) in [6.07, 6.45) is 6.17. The van der Waals surface area contributed by atoms with E-state index >= 15 is 0 Å². The SMILES string of the molecule is COc1ccccc1CCC(=O)NC1SC2=C(CCN(C(=O)CCc3nccn3C)C2)C1C#N. The van der Waals surface area contributed by atoms with Crippen molar-refractivity contribution in [3.05, 3.63) is 58.5 Å². The summed E-state index contributed by atoms with van der Waals surface area (Å²) >= 11 is 1.51. The van der Waals surface area contributed by atoms with Crippen LogP contribution in [-0.4, -0.2) is 51.8 Å². The van der Waals surface area contributed by atoms with Crippen LogP contribution in [0.4, 0.5) is 0 Å². The first-order valence-electron chi connectivity index (χ1n) is 11.4. The first kappa shape index (κ1) is 23.9. The molecule has 4 rings (SSSR count). The van der Waals surface area contributed by atoms with E-state index in [1.54, 1.807) is 13.3 Å². The topological polar surface area (TPSA) is 100 Å². The molecule has 3 heterocycles. The van der Waals surface area contributed by atoms with E-state index in [1.807, 2.05) is 47.0 Å². The third-order valence-electron chi connectivity index (χ3n) is 6.38. The van der Waals surface area contributed by atoms with E-state index in [2.05, 4.69) is 16.4 Å². The van der Waals surface area contributed by atoms with E-state index in [0.29, 0.717) is 45.2 Å². The van der Waals surface area contributed by atoms with Gasteiger partial charge in [0.1, 0.15) is 11.6 Å². The highest BCUT2D eigenvalue weighted by molar-refractivity contribution is 8.04. The van der Waals surface area contributed by atoms with Gasteiger partial charge in [0.15, 0.2) is 0 Å². The molecule has 0 saturated heterocycles. The zero-order valence-electron chi connectivity index (χ0n) is 19.5. The van der Waals surface area contributed by atoms with Gasteiger partial charge in [-0.2, -0.15) is 5.26 Å². The maximum atomic E-state index is 12.8. The van der Waals surface area contributed by atoms with Gasteiger partial charge in [-0.1, -0.05) is 18.2 Å². The number of ether oxygens (including phenoxy) is 1. The van der Waals surface area contributed by atoms with E-state index in [-0.39, 0.29) is 23.1 Å². The smallest absolute Gasteiger partial charge is 0.223 e. The van der Waals surface area contributed by atoms with Gasteiger partial charge in [0.05, 0.1) is 31.0 Å². The number of thioether (sulfide) groups is 1. The quantitative estimate of drug-likeness (QED) is 0.625. The van der Waals surface area contributed by atoms with Crippen LogP contribution in [0.25, 0.3) is 0 Å². The molecule has 1 aromatic heterocycles. The summed E-state index contributed by atoms with van der Waals surface area (Å²) in [5.41, 5.74) is 2.05. The molecule has 2 unspecified atom stereocenters. The van der Waals surface area contributed by atoms with Crippen molar-refractivity contribution < 1.29 is 14.3 Å². The van der Waals surface area contributed by atoms with Crippen LogP contribution in [0.5, 0.6) is 5.75 Å². The second kappa shape index (κ2) is 10.8. The fraction of sp³-hybridized carbons (Fsp3) is 0.440. The Morgan fingerprint density at radius 1 is 1.29 bits per heavy atom. The second-order valence-corrected chi connectivity index (χ2v) is 9.73. The number of methoxy groups -OCH3 is 1. The number of nitriles is 1. The van der Waals surface area contributed by atoms with Crippen molar-refractivity contribution in [1.29, 1.82) is 5.26 Å². The summed E-state index contributed by atoms with van der Waals surface area (Å²) in [5, 5.41) is 12.5. The molecule has 0 spiro atoms. The lowest BCUT2D eigenvalue weighted by molar-refractivity contribution is -0.131. The second-order valence-electron chi connectivity index (χ2n) is 8.49. The van der Waals surface area contributed by atoms with Crippen LogP contribution in [-0.2, 0) is 29.5 Å². The molecule has 0 bridgehead atoms. The molecule has 2 aromatic rings. The number of aromatic nitrogens is 2. The first-order valence-corrected chi connectivity index (χ1v) is 12.3. The normalized spacial score (nSPS) is 19.5. The van der Waals surface area contributed by atoms with Gasteiger partial charge in [0, 0.05) is 50.2 Å². The predicted molar refractivity (Wildman–Crippen MR) is 130 cm³/mol. The minimum absolute atomic E-state index is 0.0907. The van der Waals surface area contributed by atoms with Crippen LogP contribution in [0.2, 0.25) is 0 Å². The number of hydrogen-bond acceptors (Lipinski definition) is 6. The molecule has 2 atom stereocenters. The van der Waals surface area contributed by atoms with Crippen LogP contribution in [0.3, 0.4) is 0 Å². The molecule has 0 saturated carbocycles. The van der Waals surface area contributed by atoms with Gasteiger partial charge < -0.3 is 19.5 Å². The molecule has 2 amide bonds. The number of nitrogens with one attached hydrogen (secondary N) is 1. The number of benzene rings is 1. The number of carbonyl (C=O) groups is 2. The molecule has 0 radical (unpaired) electrons. The van der Waals surface area contributed by atoms with E-state index in [1.165, 1.54) is 11.8 Å². The third-order valence-corrected chi connectivity index (χ3v) is 7.70.